The van der Waals surface area contributed by atoms with Gasteiger partial charge in [-0.2, -0.15) is 0 Å². The topological polar surface area (TPSA) is 75.7 Å². The largest absolute Gasteiger partial charge is 0.497 e. The summed E-state index contributed by atoms with van der Waals surface area (Å²) >= 11 is 0. The van der Waals surface area contributed by atoms with E-state index in [9.17, 15) is 17.6 Å². The predicted molar refractivity (Wildman–Crippen MR) is 120 cm³/mol. The summed E-state index contributed by atoms with van der Waals surface area (Å²) in [6.07, 6.45) is -0.0872. The van der Waals surface area contributed by atoms with Crippen LogP contribution < -0.4 is 9.46 Å². The number of carbonyl (C=O) groups excluding carboxylic acids is 1. The van der Waals surface area contributed by atoms with Crippen LogP contribution in [0.4, 0.5) is 4.39 Å². The van der Waals surface area contributed by atoms with Gasteiger partial charge in [0.1, 0.15) is 11.6 Å². The summed E-state index contributed by atoms with van der Waals surface area (Å²) in [5.41, 5.74) is 1.58. The van der Waals surface area contributed by atoms with Gasteiger partial charge in [-0.15, -0.1) is 0 Å². The van der Waals surface area contributed by atoms with E-state index in [4.69, 9.17) is 4.74 Å². The summed E-state index contributed by atoms with van der Waals surface area (Å²) < 4.78 is 46.8. The fourth-order valence-electron chi connectivity index (χ4n) is 3.21. The van der Waals surface area contributed by atoms with E-state index in [2.05, 4.69) is 4.72 Å². The highest BCUT2D eigenvalue weighted by atomic mass is 32.2. The summed E-state index contributed by atoms with van der Waals surface area (Å²) in [6, 6.07) is 20.1. The molecule has 1 atom stereocenters. The molecule has 8 heteroatoms. The van der Waals surface area contributed by atoms with Gasteiger partial charge in [-0.1, -0.05) is 42.5 Å². The van der Waals surface area contributed by atoms with Gasteiger partial charge >= 0.3 is 0 Å². The average Bonchev–Trinajstić information content (AvgIpc) is 2.79. The number of sulfonamides is 1. The van der Waals surface area contributed by atoms with Crippen molar-refractivity contribution in [1.29, 1.82) is 0 Å². The van der Waals surface area contributed by atoms with Crippen LogP contribution in [0.2, 0.25) is 0 Å². The Morgan fingerprint density at radius 3 is 2.22 bits per heavy atom. The molecule has 0 saturated carbocycles. The molecule has 0 heterocycles. The zero-order valence-electron chi connectivity index (χ0n) is 17.9. The Balaban J connectivity index is 1.83. The summed E-state index contributed by atoms with van der Waals surface area (Å²) in [4.78, 5) is 14.4. The Morgan fingerprint density at radius 1 is 1.00 bits per heavy atom. The third-order valence-electron chi connectivity index (χ3n) is 5.01. The van der Waals surface area contributed by atoms with E-state index in [1.54, 1.807) is 36.2 Å². The minimum atomic E-state index is -3.99. The Morgan fingerprint density at radius 2 is 1.62 bits per heavy atom. The van der Waals surface area contributed by atoms with Gasteiger partial charge in [0.05, 0.1) is 18.0 Å². The molecule has 0 fully saturated rings. The summed E-state index contributed by atoms with van der Waals surface area (Å²) in [6.45, 7) is 0.402. The number of benzene rings is 3. The molecule has 1 N–H and O–H groups in total. The van der Waals surface area contributed by atoms with Crippen molar-refractivity contribution in [3.05, 3.63) is 95.8 Å². The van der Waals surface area contributed by atoms with Crippen molar-refractivity contribution in [3.63, 3.8) is 0 Å². The quantitative estimate of drug-likeness (QED) is 0.530. The summed E-state index contributed by atoms with van der Waals surface area (Å²) in [7, 11) is -0.780. The molecule has 0 unspecified atom stereocenters. The highest BCUT2D eigenvalue weighted by Gasteiger charge is 2.25. The van der Waals surface area contributed by atoms with Gasteiger partial charge in [-0.3, -0.25) is 4.79 Å². The van der Waals surface area contributed by atoms with Crippen molar-refractivity contribution >= 4 is 15.9 Å². The van der Waals surface area contributed by atoms with Crippen LogP contribution in [0.1, 0.15) is 23.6 Å². The van der Waals surface area contributed by atoms with Crippen molar-refractivity contribution in [2.45, 2.75) is 23.9 Å². The molecule has 0 spiro atoms. The smallest absolute Gasteiger partial charge is 0.241 e. The van der Waals surface area contributed by atoms with E-state index in [-0.39, 0.29) is 17.2 Å². The molecular formula is C24H25FN2O4S. The van der Waals surface area contributed by atoms with Crippen molar-refractivity contribution in [2.75, 3.05) is 14.2 Å². The first-order valence-electron chi connectivity index (χ1n) is 9.98. The van der Waals surface area contributed by atoms with Crippen molar-refractivity contribution in [3.8, 4) is 5.75 Å². The Hall–Kier alpha value is -3.23. The number of nitrogens with zero attached hydrogens (tertiary/aromatic N) is 1. The lowest BCUT2D eigenvalue weighted by molar-refractivity contribution is -0.130. The maximum absolute atomic E-state index is 13.2. The lowest BCUT2D eigenvalue weighted by Crippen LogP contribution is -2.34. The molecule has 0 radical (unpaired) electrons. The Labute approximate surface area is 187 Å². The predicted octanol–water partition coefficient (Wildman–Crippen LogP) is 3.90. The molecule has 168 valence electrons. The van der Waals surface area contributed by atoms with E-state index in [1.807, 2.05) is 30.3 Å². The van der Waals surface area contributed by atoms with Crippen molar-refractivity contribution < 1.29 is 22.3 Å². The lowest BCUT2D eigenvalue weighted by atomic mass is 10.0. The van der Waals surface area contributed by atoms with Gasteiger partial charge in [0.2, 0.25) is 15.9 Å². The number of amides is 1. The minimum absolute atomic E-state index is 0.0810. The average molecular weight is 457 g/mol. The normalized spacial score (nSPS) is 12.2. The van der Waals surface area contributed by atoms with Crippen LogP contribution >= 0.6 is 0 Å². The van der Waals surface area contributed by atoms with E-state index in [1.165, 1.54) is 19.2 Å². The highest BCUT2D eigenvalue weighted by molar-refractivity contribution is 7.89. The number of carbonyl (C=O) groups is 1. The summed E-state index contributed by atoms with van der Waals surface area (Å²) in [5.74, 6) is -0.147. The molecule has 6 nitrogen and oxygen atoms in total. The number of hydrogen-bond acceptors (Lipinski definition) is 4. The van der Waals surface area contributed by atoms with Gasteiger partial charge in [0.15, 0.2) is 0 Å². The third kappa shape index (κ3) is 6.15. The van der Waals surface area contributed by atoms with Crippen LogP contribution in [0.3, 0.4) is 0 Å². The summed E-state index contributed by atoms with van der Waals surface area (Å²) in [5, 5.41) is 0. The first-order chi connectivity index (χ1) is 15.3. The second kappa shape index (κ2) is 10.4. The maximum atomic E-state index is 13.2. The molecule has 3 aromatic carbocycles. The fraction of sp³-hybridized carbons (Fsp3) is 0.208. The Kier molecular flexibility index (Phi) is 7.61. The highest BCUT2D eigenvalue weighted by Crippen LogP contribution is 2.24. The van der Waals surface area contributed by atoms with Crippen LogP contribution in [-0.2, 0) is 21.4 Å². The van der Waals surface area contributed by atoms with Crippen LogP contribution in [0.15, 0.2) is 83.8 Å². The first-order valence-corrected chi connectivity index (χ1v) is 11.5. The fourth-order valence-corrected chi connectivity index (χ4v) is 4.43. The molecule has 32 heavy (non-hydrogen) atoms. The minimum Gasteiger partial charge on any atom is -0.497 e. The van der Waals surface area contributed by atoms with Gasteiger partial charge in [0.25, 0.3) is 0 Å². The van der Waals surface area contributed by atoms with Gasteiger partial charge in [0, 0.05) is 20.0 Å². The number of nitrogens with one attached hydrogen (secondary N) is 1. The van der Waals surface area contributed by atoms with Gasteiger partial charge in [-0.25, -0.2) is 17.5 Å². The molecule has 0 aliphatic rings. The first kappa shape index (κ1) is 23.4. The molecule has 0 saturated heterocycles. The Bertz CT molecular complexity index is 1130. The second-order valence-electron chi connectivity index (χ2n) is 7.34. The third-order valence-corrected chi connectivity index (χ3v) is 6.49. The standard InChI is InChI=1S/C24H25FN2O4S/c1-27(17-18-6-4-3-5-7-18)24(28)16-23(19-8-12-21(31-2)13-9-19)26-32(29,30)22-14-10-20(25)11-15-22/h3-15,23,26H,16-17H2,1-2H3/t23-/m1/s1. The number of ether oxygens (including phenoxy) is 1. The van der Waals surface area contributed by atoms with Gasteiger partial charge in [-0.05, 0) is 47.5 Å². The van der Waals surface area contributed by atoms with E-state index in [0.717, 1.165) is 17.7 Å². The van der Waals surface area contributed by atoms with E-state index in [0.29, 0.717) is 17.9 Å². The molecule has 3 rings (SSSR count). The van der Waals surface area contributed by atoms with Crippen molar-refractivity contribution in [1.82, 2.24) is 9.62 Å². The molecule has 0 bridgehead atoms. The molecular weight excluding hydrogens is 431 g/mol. The van der Waals surface area contributed by atoms with E-state index >= 15 is 0 Å². The zero-order chi connectivity index (χ0) is 23.1. The zero-order valence-corrected chi connectivity index (χ0v) is 18.7. The number of hydrogen-bond donors (Lipinski definition) is 1. The van der Waals surface area contributed by atoms with Crippen LogP contribution in [0.25, 0.3) is 0 Å². The van der Waals surface area contributed by atoms with Crippen molar-refractivity contribution in [2.24, 2.45) is 0 Å². The molecule has 1 amide bonds. The second-order valence-corrected chi connectivity index (χ2v) is 9.05. The molecule has 0 aromatic heterocycles. The molecule has 0 aliphatic heterocycles. The molecule has 3 aromatic rings. The van der Waals surface area contributed by atoms with Crippen LogP contribution in [0, 0.1) is 5.82 Å². The number of rotatable bonds is 9. The SMILES string of the molecule is COc1ccc([C@@H](CC(=O)N(C)Cc2ccccc2)NS(=O)(=O)c2ccc(F)cc2)cc1. The van der Waals surface area contributed by atoms with Crippen LogP contribution in [0.5, 0.6) is 5.75 Å². The monoisotopic (exact) mass is 456 g/mol. The lowest BCUT2D eigenvalue weighted by Gasteiger charge is -2.23. The maximum Gasteiger partial charge on any atom is 0.241 e. The number of halogens is 1. The van der Waals surface area contributed by atoms with E-state index < -0.39 is 21.9 Å². The van der Waals surface area contributed by atoms with Crippen LogP contribution in [-0.4, -0.2) is 33.4 Å². The van der Waals surface area contributed by atoms with Gasteiger partial charge < -0.3 is 9.64 Å². The number of methoxy groups -OCH3 is 1. The molecule has 0 aliphatic carbocycles.